The van der Waals surface area contributed by atoms with E-state index in [1.165, 1.54) is 72.4 Å². The van der Waals surface area contributed by atoms with Crippen molar-refractivity contribution in [3.05, 3.63) is 113 Å². The largest absolute Gasteiger partial charge is 0.487 e. The molecule has 1 aliphatic carbocycles. The summed E-state index contributed by atoms with van der Waals surface area (Å²) < 4.78 is 8.67. The summed E-state index contributed by atoms with van der Waals surface area (Å²) in [5, 5.41) is 0. The molecule has 3 aliphatic rings. The van der Waals surface area contributed by atoms with E-state index in [0.29, 0.717) is 12.5 Å². The van der Waals surface area contributed by atoms with Crippen LogP contribution < -0.4 is 9.64 Å². The third-order valence-electron chi connectivity index (χ3n) is 10.0. The van der Waals surface area contributed by atoms with Crippen LogP contribution in [0.1, 0.15) is 82.9 Å². The van der Waals surface area contributed by atoms with Gasteiger partial charge in [-0.15, -0.1) is 0 Å². The van der Waals surface area contributed by atoms with Gasteiger partial charge in [-0.2, -0.15) is 4.58 Å². The van der Waals surface area contributed by atoms with Crippen LogP contribution in [0.2, 0.25) is 0 Å². The molecule has 2 aliphatic heterocycles. The monoisotopic (exact) mass is 573 g/mol. The maximum absolute atomic E-state index is 6.18. The van der Waals surface area contributed by atoms with Crippen molar-refractivity contribution >= 4 is 17.1 Å². The Labute approximate surface area is 259 Å². The lowest BCUT2D eigenvalue weighted by atomic mass is 9.68. The van der Waals surface area contributed by atoms with Gasteiger partial charge in [0.2, 0.25) is 5.69 Å². The summed E-state index contributed by atoms with van der Waals surface area (Å²) in [6.07, 6.45) is 14.9. The van der Waals surface area contributed by atoms with E-state index in [4.69, 9.17) is 4.74 Å². The highest BCUT2D eigenvalue weighted by molar-refractivity contribution is 6.03. The van der Waals surface area contributed by atoms with Crippen molar-refractivity contribution < 1.29 is 9.31 Å². The summed E-state index contributed by atoms with van der Waals surface area (Å²) in [7, 11) is 0. The second-order valence-corrected chi connectivity index (χ2v) is 13.7. The van der Waals surface area contributed by atoms with Gasteiger partial charge in [0.1, 0.15) is 12.4 Å². The second-order valence-electron chi connectivity index (χ2n) is 13.7. The van der Waals surface area contributed by atoms with E-state index in [1.54, 1.807) is 5.56 Å². The van der Waals surface area contributed by atoms with E-state index in [0.717, 1.165) is 18.8 Å². The Morgan fingerprint density at radius 1 is 0.907 bits per heavy atom. The molecule has 1 saturated carbocycles. The lowest BCUT2D eigenvalue weighted by molar-refractivity contribution is -0.439. The molecule has 2 heterocycles. The molecule has 0 N–H and O–H groups in total. The fourth-order valence-electron chi connectivity index (χ4n) is 7.73. The van der Waals surface area contributed by atoms with Gasteiger partial charge in [-0.3, -0.25) is 0 Å². The first-order valence-electron chi connectivity index (χ1n) is 16.5. The van der Waals surface area contributed by atoms with Gasteiger partial charge in [0.15, 0.2) is 12.3 Å². The molecule has 3 nitrogen and oxygen atoms in total. The summed E-state index contributed by atoms with van der Waals surface area (Å²) in [5.41, 5.74) is 9.87. The van der Waals surface area contributed by atoms with Crippen LogP contribution in [-0.2, 0) is 10.8 Å². The number of ether oxygens (including phenoxy) is 1. The molecule has 3 aromatic rings. The predicted octanol–water partition coefficient (Wildman–Crippen LogP) is 9.66. The standard InChI is InChI=1S/C40H49N2O/c1-30(2)23-26-41-35-18-11-10-17-33(35)40(24-12-7-13-25-40)38(41)20-14-19-37-39(4,5)34-29-31(3)21-22-36(34)42(37)27-28-43-32-15-8-6-9-16-32/h6,8-11,14-22,29-30H,7,12-13,23-28H2,1-5H3/q+1. The molecule has 6 rings (SSSR count). The smallest absolute Gasteiger partial charge is 0.209 e. The van der Waals surface area contributed by atoms with Crippen LogP contribution in [0.5, 0.6) is 5.75 Å². The number of nitrogens with zero attached hydrogens (tertiary/aromatic N) is 2. The fraction of sp³-hybridized carbons (Fsp3) is 0.425. The number of hydrogen-bond acceptors (Lipinski definition) is 2. The average molecular weight is 574 g/mol. The highest BCUT2D eigenvalue weighted by Gasteiger charge is 2.47. The van der Waals surface area contributed by atoms with E-state index in [2.05, 4.69) is 105 Å². The zero-order valence-corrected chi connectivity index (χ0v) is 26.9. The van der Waals surface area contributed by atoms with Crippen LogP contribution in [0.25, 0.3) is 0 Å². The third-order valence-corrected chi connectivity index (χ3v) is 10.0. The first-order chi connectivity index (χ1) is 20.8. The minimum atomic E-state index is -0.0956. The molecule has 0 radical (unpaired) electrons. The maximum atomic E-state index is 6.18. The number of fused-ring (bicyclic) bond motifs is 3. The van der Waals surface area contributed by atoms with Gasteiger partial charge in [0.05, 0.1) is 5.41 Å². The first kappa shape index (κ1) is 29.5. The molecule has 0 unspecified atom stereocenters. The Morgan fingerprint density at radius 2 is 1.65 bits per heavy atom. The Hall–Kier alpha value is -3.59. The molecule has 224 valence electrons. The van der Waals surface area contributed by atoms with Crippen molar-refractivity contribution in [1.82, 2.24) is 0 Å². The van der Waals surface area contributed by atoms with E-state index >= 15 is 0 Å². The van der Waals surface area contributed by atoms with Gasteiger partial charge in [0, 0.05) is 41.1 Å². The fourth-order valence-corrected chi connectivity index (χ4v) is 7.73. The number of anilines is 1. The van der Waals surface area contributed by atoms with E-state index in [1.807, 2.05) is 30.3 Å². The predicted molar refractivity (Wildman–Crippen MR) is 181 cm³/mol. The summed E-state index contributed by atoms with van der Waals surface area (Å²) in [4.78, 5) is 2.67. The quantitative estimate of drug-likeness (QED) is 0.237. The van der Waals surface area contributed by atoms with Crippen molar-refractivity contribution in [2.75, 3.05) is 24.6 Å². The van der Waals surface area contributed by atoms with Crippen molar-refractivity contribution in [3.8, 4) is 5.75 Å². The van der Waals surface area contributed by atoms with Gasteiger partial charge in [-0.1, -0.05) is 87.2 Å². The number of benzene rings is 3. The van der Waals surface area contributed by atoms with Crippen LogP contribution in [-0.4, -0.2) is 30.0 Å². The molecule has 0 bridgehead atoms. The van der Waals surface area contributed by atoms with Crippen LogP contribution in [0.4, 0.5) is 11.4 Å². The number of hydrogen-bond donors (Lipinski definition) is 0. The van der Waals surface area contributed by atoms with E-state index in [-0.39, 0.29) is 10.8 Å². The second kappa shape index (κ2) is 12.2. The van der Waals surface area contributed by atoms with Crippen molar-refractivity contribution in [1.29, 1.82) is 0 Å². The summed E-state index contributed by atoms with van der Waals surface area (Å²) in [5.74, 6) is 1.60. The average Bonchev–Trinajstić information content (AvgIpc) is 3.37. The highest BCUT2D eigenvalue weighted by atomic mass is 16.5. The van der Waals surface area contributed by atoms with Crippen LogP contribution >= 0.6 is 0 Å². The minimum absolute atomic E-state index is 0.0956. The molecular weight excluding hydrogens is 524 g/mol. The number of allylic oxidation sites excluding steroid dienone is 4. The molecule has 3 aromatic carbocycles. The Morgan fingerprint density at radius 3 is 2.42 bits per heavy atom. The molecule has 43 heavy (non-hydrogen) atoms. The number of rotatable bonds is 9. The van der Waals surface area contributed by atoms with E-state index < -0.39 is 0 Å². The van der Waals surface area contributed by atoms with Crippen LogP contribution in [0.3, 0.4) is 0 Å². The zero-order valence-electron chi connectivity index (χ0n) is 26.9. The Bertz CT molecular complexity index is 1540. The molecule has 0 saturated heterocycles. The SMILES string of the molecule is Cc1ccc2c(c1)C(C)(C)C(/C=C/C=C1/N(CCC(C)C)c3ccccc3C13CCCCC3)=[N+]2CCOc1ccccc1. The van der Waals surface area contributed by atoms with E-state index in [9.17, 15) is 0 Å². The minimum Gasteiger partial charge on any atom is -0.487 e. The molecule has 1 spiro atoms. The van der Waals surface area contributed by atoms with Gasteiger partial charge in [0.25, 0.3) is 0 Å². The third kappa shape index (κ3) is 5.59. The Balaban J connectivity index is 1.38. The van der Waals surface area contributed by atoms with Crippen molar-refractivity contribution in [2.24, 2.45) is 5.92 Å². The summed E-state index contributed by atoms with van der Waals surface area (Å²) in [6.45, 7) is 14.1. The topological polar surface area (TPSA) is 15.5 Å². The van der Waals surface area contributed by atoms with Crippen LogP contribution in [0, 0.1) is 12.8 Å². The summed E-state index contributed by atoms with van der Waals surface area (Å²) >= 11 is 0. The van der Waals surface area contributed by atoms with Crippen LogP contribution in [0.15, 0.2) is 96.7 Å². The maximum Gasteiger partial charge on any atom is 0.209 e. The normalized spacial score (nSPS) is 19.6. The lowest BCUT2D eigenvalue weighted by Gasteiger charge is -2.37. The van der Waals surface area contributed by atoms with Gasteiger partial charge < -0.3 is 9.64 Å². The zero-order chi connectivity index (χ0) is 30.0. The van der Waals surface area contributed by atoms with Crippen molar-refractivity contribution in [2.45, 2.75) is 84.0 Å². The number of para-hydroxylation sites is 2. The molecule has 3 heteroatoms. The lowest BCUT2D eigenvalue weighted by Crippen LogP contribution is -2.34. The van der Waals surface area contributed by atoms with Gasteiger partial charge >= 0.3 is 0 Å². The van der Waals surface area contributed by atoms with Gasteiger partial charge in [-0.25, -0.2) is 0 Å². The Kier molecular flexibility index (Phi) is 8.36. The van der Waals surface area contributed by atoms with Crippen molar-refractivity contribution in [3.63, 3.8) is 0 Å². The summed E-state index contributed by atoms with van der Waals surface area (Å²) in [6, 6.07) is 26.3. The molecule has 0 amide bonds. The molecule has 0 atom stereocenters. The van der Waals surface area contributed by atoms with Gasteiger partial charge in [-0.05, 0) is 81.9 Å². The number of aryl methyl sites for hydroxylation is 1. The molecule has 1 fully saturated rings. The molecule has 0 aromatic heterocycles. The highest BCUT2D eigenvalue weighted by Crippen LogP contribution is 2.55. The first-order valence-corrected chi connectivity index (χ1v) is 16.5. The molecular formula is C40H49N2O+.